The van der Waals surface area contributed by atoms with Crippen LogP contribution in [0, 0.1) is 12.7 Å². The van der Waals surface area contributed by atoms with Crippen LogP contribution in [0.1, 0.15) is 22.6 Å². The minimum absolute atomic E-state index is 0.0115. The minimum atomic E-state index is -0.741. The van der Waals surface area contributed by atoms with Gasteiger partial charge in [0.1, 0.15) is 5.82 Å². The third kappa shape index (κ3) is 2.84. The molecule has 22 heavy (non-hydrogen) atoms. The molecule has 0 fully saturated rings. The molecule has 3 rings (SSSR count). The summed E-state index contributed by atoms with van der Waals surface area (Å²) < 4.78 is 13.5. The van der Waals surface area contributed by atoms with E-state index in [-0.39, 0.29) is 10.6 Å². The molecule has 0 saturated heterocycles. The Morgan fingerprint density at radius 2 is 2.27 bits per heavy atom. The zero-order valence-electron chi connectivity index (χ0n) is 12.0. The Labute approximate surface area is 131 Å². The van der Waals surface area contributed by atoms with Crippen LogP contribution in [0.4, 0.5) is 4.39 Å². The van der Waals surface area contributed by atoms with Gasteiger partial charge < -0.3 is 10.1 Å². The highest BCUT2D eigenvalue weighted by Crippen LogP contribution is 2.28. The van der Waals surface area contributed by atoms with Gasteiger partial charge in [0.2, 0.25) is 0 Å². The molecule has 0 unspecified atom stereocenters. The molecular formula is C15H15ClFN3O2. The Balaban J connectivity index is 1.82. The molecule has 2 aromatic rings. The smallest absolute Gasteiger partial charge is 0.255 e. The number of aryl methyl sites for hydroxylation is 1. The minimum Gasteiger partial charge on any atom is -0.504 e. The maximum absolute atomic E-state index is 13.5. The molecule has 7 heteroatoms. The molecule has 0 aliphatic carbocycles. The van der Waals surface area contributed by atoms with Crippen molar-refractivity contribution in [3.05, 3.63) is 56.0 Å². The van der Waals surface area contributed by atoms with Gasteiger partial charge >= 0.3 is 0 Å². The van der Waals surface area contributed by atoms with Crippen LogP contribution >= 0.6 is 11.6 Å². The number of hydrogen-bond acceptors (Lipinski definition) is 4. The van der Waals surface area contributed by atoms with Gasteiger partial charge in [0, 0.05) is 26.1 Å². The van der Waals surface area contributed by atoms with Crippen molar-refractivity contribution in [2.24, 2.45) is 0 Å². The van der Waals surface area contributed by atoms with Gasteiger partial charge in [-0.15, -0.1) is 0 Å². The average Bonchev–Trinajstić information content (AvgIpc) is 2.45. The number of benzene rings is 1. The van der Waals surface area contributed by atoms with Gasteiger partial charge in [-0.2, -0.15) is 0 Å². The van der Waals surface area contributed by atoms with Crippen molar-refractivity contribution in [3.63, 3.8) is 0 Å². The zero-order chi connectivity index (χ0) is 15.9. The molecule has 1 aromatic carbocycles. The lowest BCUT2D eigenvalue weighted by Crippen LogP contribution is -2.35. The van der Waals surface area contributed by atoms with Gasteiger partial charge in [-0.05, 0) is 24.6 Å². The topological polar surface area (TPSA) is 69.2 Å². The summed E-state index contributed by atoms with van der Waals surface area (Å²) in [5, 5.41) is 9.34. The number of hydrogen-bond donors (Lipinski definition) is 2. The van der Waals surface area contributed by atoms with E-state index in [1.807, 2.05) is 4.90 Å². The summed E-state index contributed by atoms with van der Waals surface area (Å²) in [5.41, 5.74) is 2.01. The predicted octanol–water partition coefficient (Wildman–Crippen LogP) is 2.13. The second kappa shape index (κ2) is 5.70. The second-order valence-electron chi connectivity index (χ2n) is 5.45. The van der Waals surface area contributed by atoms with Gasteiger partial charge in [0.05, 0.1) is 16.3 Å². The number of nitrogens with one attached hydrogen (secondary N) is 1. The van der Waals surface area contributed by atoms with Crippen LogP contribution in [0.15, 0.2) is 16.9 Å². The highest BCUT2D eigenvalue weighted by Gasteiger charge is 2.21. The van der Waals surface area contributed by atoms with Gasteiger partial charge in [-0.1, -0.05) is 11.6 Å². The lowest BCUT2D eigenvalue weighted by atomic mass is 10.1. The number of aromatic nitrogens is 2. The fourth-order valence-corrected chi connectivity index (χ4v) is 2.94. The first-order valence-corrected chi connectivity index (χ1v) is 7.29. The molecule has 0 bridgehead atoms. The highest BCUT2D eigenvalue weighted by molar-refractivity contribution is 6.32. The third-order valence-corrected chi connectivity index (χ3v) is 4.04. The van der Waals surface area contributed by atoms with Crippen molar-refractivity contribution in [2.75, 3.05) is 6.54 Å². The van der Waals surface area contributed by atoms with Crippen LogP contribution in [0.25, 0.3) is 0 Å². The summed E-state index contributed by atoms with van der Waals surface area (Å²) in [7, 11) is 0. The number of halogens is 2. The predicted molar refractivity (Wildman–Crippen MR) is 80.5 cm³/mol. The zero-order valence-corrected chi connectivity index (χ0v) is 12.7. The van der Waals surface area contributed by atoms with E-state index in [4.69, 9.17) is 11.6 Å². The fraction of sp³-hybridized carbons (Fsp3) is 0.333. The number of H-pyrrole nitrogens is 1. The van der Waals surface area contributed by atoms with E-state index in [1.165, 1.54) is 12.1 Å². The molecule has 0 radical (unpaired) electrons. The molecule has 116 valence electrons. The van der Waals surface area contributed by atoms with E-state index < -0.39 is 11.6 Å². The molecule has 0 saturated carbocycles. The van der Waals surface area contributed by atoms with E-state index in [0.29, 0.717) is 36.5 Å². The van der Waals surface area contributed by atoms with Crippen molar-refractivity contribution >= 4 is 11.6 Å². The molecule has 0 atom stereocenters. The number of fused-ring (bicyclic) bond motifs is 1. The lowest BCUT2D eigenvalue weighted by molar-refractivity contribution is 0.241. The number of aromatic hydroxyl groups is 1. The molecule has 1 aromatic heterocycles. The Kier molecular flexibility index (Phi) is 3.88. The van der Waals surface area contributed by atoms with Crippen molar-refractivity contribution in [1.29, 1.82) is 0 Å². The Morgan fingerprint density at radius 1 is 1.50 bits per heavy atom. The maximum Gasteiger partial charge on any atom is 0.255 e. The number of phenolic OH excluding ortho intramolecular Hbond substituents is 1. The lowest BCUT2D eigenvalue weighted by Gasteiger charge is -2.27. The van der Waals surface area contributed by atoms with E-state index in [9.17, 15) is 14.3 Å². The van der Waals surface area contributed by atoms with Gasteiger partial charge in [0.25, 0.3) is 5.56 Å². The van der Waals surface area contributed by atoms with E-state index in [1.54, 1.807) is 6.92 Å². The SMILES string of the molecule is Cc1nc2c(c(=O)[nH]1)CN(Cc1cc(F)c(O)c(Cl)c1)CC2. The molecular weight excluding hydrogens is 309 g/mol. The Hall–Kier alpha value is -1.92. The van der Waals surface area contributed by atoms with Crippen LogP contribution in [0.3, 0.4) is 0 Å². The largest absolute Gasteiger partial charge is 0.504 e. The Morgan fingerprint density at radius 3 is 3.00 bits per heavy atom. The van der Waals surface area contributed by atoms with Gasteiger partial charge in [-0.25, -0.2) is 9.37 Å². The standard InChI is InChI=1S/C15H15ClFN3O2/c1-8-18-13-2-3-20(7-10(13)15(22)19-8)6-9-4-11(16)14(21)12(17)5-9/h4-5,21H,2-3,6-7H2,1H3,(H,18,19,22). The summed E-state index contributed by atoms with van der Waals surface area (Å²) in [6.45, 7) is 3.39. The molecule has 2 N–H and O–H groups in total. The van der Waals surface area contributed by atoms with Gasteiger partial charge in [0.15, 0.2) is 11.6 Å². The van der Waals surface area contributed by atoms with Crippen LogP contribution in [-0.4, -0.2) is 26.5 Å². The third-order valence-electron chi connectivity index (χ3n) is 3.75. The average molecular weight is 324 g/mol. The summed E-state index contributed by atoms with van der Waals surface area (Å²) in [5.74, 6) is -0.662. The first-order chi connectivity index (χ1) is 10.4. The molecule has 5 nitrogen and oxygen atoms in total. The van der Waals surface area contributed by atoms with Crippen molar-refractivity contribution in [3.8, 4) is 5.75 Å². The van der Waals surface area contributed by atoms with E-state index in [2.05, 4.69) is 9.97 Å². The van der Waals surface area contributed by atoms with Crippen LogP contribution < -0.4 is 5.56 Å². The summed E-state index contributed by atoms with van der Waals surface area (Å²) in [4.78, 5) is 21.1. The van der Waals surface area contributed by atoms with Crippen LogP contribution in [0.5, 0.6) is 5.75 Å². The van der Waals surface area contributed by atoms with Crippen molar-refractivity contribution in [1.82, 2.24) is 14.9 Å². The molecule has 2 heterocycles. The molecule has 1 aliphatic rings. The normalized spacial score (nSPS) is 14.9. The maximum atomic E-state index is 13.5. The molecule has 1 aliphatic heterocycles. The van der Waals surface area contributed by atoms with E-state index in [0.717, 1.165) is 12.2 Å². The number of aromatic amines is 1. The quantitative estimate of drug-likeness (QED) is 0.888. The monoisotopic (exact) mass is 323 g/mol. The first kappa shape index (κ1) is 15.0. The number of nitrogens with zero attached hydrogens (tertiary/aromatic N) is 2. The van der Waals surface area contributed by atoms with Crippen LogP contribution in [0.2, 0.25) is 5.02 Å². The van der Waals surface area contributed by atoms with Gasteiger partial charge in [-0.3, -0.25) is 9.69 Å². The summed E-state index contributed by atoms with van der Waals surface area (Å²) >= 11 is 5.79. The molecule has 0 amide bonds. The van der Waals surface area contributed by atoms with Crippen LogP contribution in [-0.2, 0) is 19.5 Å². The fourth-order valence-electron chi connectivity index (χ4n) is 2.71. The number of phenols is 1. The second-order valence-corrected chi connectivity index (χ2v) is 5.85. The van der Waals surface area contributed by atoms with Crippen molar-refractivity contribution < 1.29 is 9.50 Å². The first-order valence-electron chi connectivity index (χ1n) is 6.92. The highest BCUT2D eigenvalue weighted by atomic mass is 35.5. The van der Waals surface area contributed by atoms with E-state index >= 15 is 0 Å². The van der Waals surface area contributed by atoms with Crippen molar-refractivity contribution in [2.45, 2.75) is 26.4 Å². The Bertz CT molecular complexity index is 768. The summed E-state index contributed by atoms with van der Waals surface area (Å²) in [6, 6.07) is 2.79. The number of rotatable bonds is 2. The summed E-state index contributed by atoms with van der Waals surface area (Å²) in [6.07, 6.45) is 0.675. The molecule has 0 spiro atoms.